The molecule has 2 aliphatic rings. The van der Waals surface area contributed by atoms with E-state index in [0.29, 0.717) is 17.9 Å². The van der Waals surface area contributed by atoms with Gasteiger partial charge < -0.3 is 9.80 Å². The van der Waals surface area contributed by atoms with Crippen LogP contribution in [-0.2, 0) is 4.79 Å². The highest BCUT2D eigenvalue weighted by Crippen LogP contribution is 2.41. The van der Waals surface area contributed by atoms with E-state index in [0.717, 1.165) is 22.1 Å². The number of carbonyl (C=O) groups excluding carboxylic acids is 1. The molecule has 1 saturated carbocycles. The summed E-state index contributed by atoms with van der Waals surface area (Å²) in [6, 6.07) is 0.408. The lowest BCUT2D eigenvalue weighted by molar-refractivity contribution is -0.131. The van der Waals surface area contributed by atoms with Crippen LogP contribution < -0.4 is 4.90 Å². The highest BCUT2D eigenvalue weighted by atomic mass is 79.9. The molecule has 0 N–H and O–H groups in total. The number of nitrogens with zero attached hydrogens (tertiary/aromatic N) is 4. The number of hydrogen-bond acceptors (Lipinski definition) is 5. The molecule has 3 rings (SSSR count). The van der Waals surface area contributed by atoms with Crippen LogP contribution in [0.4, 0.5) is 5.13 Å². The number of aromatic nitrogens is 2. The van der Waals surface area contributed by atoms with Crippen LogP contribution >= 0.6 is 27.3 Å². The van der Waals surface area contributed by atoms with Crippen molar-refractivity contribution < 1.29 is 4.79 Å². The summed E-state index contributed by atoms with van der Waals surface area (Å²) in [5.41, 5.74) is 0. The smallest absolute Gasteiger partial charge is 0.219 e. The zero-order chi connectivity index (χ0) is 13.6. The largest absolute Gasteiger partial charge is 0.346 e. The van der Waals surface area contributed by atoms with Crippen molar-refractivity contribution in [1.29, 1.82) is 0 Å². The number of amides is 1. The molecule has 104 valence electrons. The summed E-state index contributed by atoms with van der Waals surface area (Å²) in [7, 11) is 1.94. The van der Waals surface area contributed by atoms with E-state index in [1.54, 1.807) is 18.3 Å². The molecule has 19 heavy (non-hydrogen) atoms. The maximum Gasteiger partial charge on any atom is 0.219 e. The zero-order valence-electron chi connectivity index (χ0n) is 11.0. The third-order valence-electron chi connectivity index (χ3n) is 4.39. The Labute approximate surface area is 125 Å². The van der Waals surface area contributed by atoms with E-state index >= 15 is 0 Å². The Balaban J connectivity index is 1.76. The zero-order valence-corrected chi connectivity index (χ0v) is 13.4. The quantitative estimate of drug-likeness (QED) is 0.823. The van der Waals surface area contributed by atoms with Crippen molar-refractivity contribution in [1.82, 2.24) is 15.1 Å². The Morgan fingerprint density at radius 2 is 2.00 bits per heavy atom. The van der Waals surface area contributed by atoms with Gasteiger partial charge in [0.2, 0.25) is 11.0 Å². The Morgan fingerprint density at radius 1 is 1.37 bits per heavy atom. The van der Waals surface area contributed by atoms with Gasteiger partial charge in [0, 0.05) is 33.1 Å². The van der Waals surface area contributed by atoms with Gasteiger partial charge in [-0.2, -0.15) is 0 Å². The van der Waals surface area contributed by atoms with Crippen LogP contribution in [0.25, 0.3) is 0 Å². The molecule has 2 unspecified atom stereocenters. The molecule has 7 heteroatoms. The van der Waals surface area contributed by atoms with Gasteiger partial charge in [-0.1, -0.05) is 11.3 Å². The van der Waals surface area contributed by atoms with Gasteiger partial charge in [-0.3, -0.25) is 4.79 Å². The number of hydrogen-bond donors (Lipinski definition) is 0. The van der Waals surface area contributed by atoms with Crippen LogP contribution in [0.15, 0.2) is 3.92 Å². The molecule has 0 spiro atoms. The number of halogens is 1. The fourth-order valence-electron chi connectivity index (χ4n) is 3.52. The van der Waals surface area contributed by atoms with E-state index < -0.39 is 0 Å². The summed E-state index contributed by atoms with van der Waals surface area (Å²) in [5.74, 6) is 1.31. The minimum atomic E-state index is 0.175. The van der Waals surface area contributed by atoms with Crippen molar-refractivity contribution in [3.8, 4) is 0 Å². The average Bonchev–Trinajstić information content (AvgIpc) is 2.90. The summed E-state index contributed by atoms with van der Waals surface area (Å²) in [5, 5.41) is 9.23. The van der Waals surface area contributed by atoms with Crippen molar-refractivity contribution in [2.75, 3.05) is 25.0 Å². The first-order chi connectivity index (χ1) is 9.06. The molecule has 1 aromatic rings. The summed E-state index contributed by atoms with van der Waals surface area (Å²) >= 11 is 4.95. The highest BCUT2D eigenvalue weighted by molar-refractivity contribution is 9.11. The van der Waals surface area contributed by atoms with Gasteiger partial charge in [-0.05, 0) is 40.6 Å². The van der Waals surface area contributed by atoms with Gasteiger partial charge >= 0.3 is 0 Å². The van der Waals surface area contributed by atoms with Crippen molar-refractivity contribution in [2.24, 2.45) is 11.8 Å². The standard InChI is InChI=1S/C12H17BrN4OS/c1-7(18)16(2)10-8-3-4-9(10)6-17(5-8)12-15-14-11(13)19-12/h8-10H,3-6H2,1-2H3/t8-,9?,10?/m1/s1. The maximum atomic E-state index is 11.6. The molecule has 5 nitrogen and oxygen atoms in total. The lowest BCUT2D eigenvalue weighted by atomic mass is 9.91. The van der Waals surface area contributed by atoms with Crippen molar-refractivity contribution >= 4 is 38.3 Å². The van der Waals surface area contributed by atoms with Crippen LogP contribution in [0.2, 0.25) is 0 Å². The number of rotatable bonds is 2. The van der Waals surface area contributed by atoms with E-state index in [4.69, 9.17) is 0 Å². The molecule has 3 atom stereocenters. The molecule has 2 bridgehead atoms. The lowest BCUT2D eigenvalue weighted by Crippen LogP contribution is -2.52. The number of carbonyl (C=O) groups is 1. The van der Waals surface area contributed by atoms with Crippen LogP contribution in [0.3, 0.4) is 0 Å². The van der Waals surface area contributed by atoms with Crippen molar-refractivity contribution in [3.63, 3.8) is 0 Å². The normalized spacial score (nSPS) is 29.6. The molecule has 0 aromatic carbocycles. The van der Waals surface area contributed by atoms with Crippen LogP contribution in [-0.4, -0.2) is 47.2 Å². The fourth-order valence-corrected chi connectivity index (χ4v) is 4.62. The first kappa shape index (κ1) is 13.3. The molecule has 2 heterocycles. The number of piperidine rings is 1. The number of anilines is 1. The second-order valence-corrected chi connectivity index (χ2v) is 7.69. The van der Waals surface area contributed by atoms with Crippen LogP contribution in [0.5, 0.6) is 0 Å². The van der Waals surface area contributed by atoms with E-state index in [2.05, 4.69) is 31.0 Å². The van der Waals surface area contributed by atoms with E-state index in [1.165, 1.54) is 12.8 Å². The highest BCUT2D eigenvalue weighted by Gasteiger charge is 2.45. The summed E-state index contributed by atoms with van der Waals surface area (Å²) in [4.78, 5) is 15.9. The topological polar surface area (TPSA) is 49.3 Å². The minimum absolute atomic E-state index is 0.175. The molecule has 1 aliphatic carbocycles. The van der Waals surface area contributed by atoms with E-state index in [-0.39, 0.29) is 5.91 Å². The Kier molecular flexibility index (Phi) is 3.51. The molecule has 1 saturated heterocycles. The first-order valence-electron chi connectivity index (χ1n) is 6.53. The maximum absolute atomic E-state index is 11.6. The van der Waals surface area contributed by atoms with Crippen LogP contribution in [0, 0.1) is 11.8 Å². The lowest BCUT2D eigenvalue weighted by Gasteiger charge is -2.41. The summed E-state index contributed by atoms with van der Waals surface area (Å²) < 4.78 is 0.831. The molecule has 0 radical (unpaired) electrons. The summed E-state index contributed by atoms with van der Waals surface area (Å²) in [6.45, 7) is 3.63. The second kappa shape index (κ2) is 5.01. The molecule has 1 amide bonds. The van der Waals surface area contributed by atoms with Gasteiger partial charge in [0.1, 0.15) is 0 Å². The predicted octanol–water partition coefficient (Wildman–Crippen LogP) is 1.99. The van der Waals surface area contributed by atoms with Gasteiger partial charge in [0.15, 0.2) is 3.92 Å². The predicted molar refractivity (Wildman–Crippen MR) is 78.3 cm³/mol. The van der Waals surface area contributed by atoms with Gasteiger partial charge in [-0.25, -0.2) is 0 Å². The Morgan fingerprint density at radius 3 is 2.47 bits per heavy atom. The molecular weight excluding hydrogens is 328 g/mol. The van der Waals surface area contributed by atoms with E-state index in [9.17, 15) is 4.79 Å². The van der Waals surface area contributed by atoms with E-state index in [1.807, 2.05) is 11.9 Å². The first-order valence-corrected chi connectivity index (χ1v) is 8.14. The summed E-state index contributed by atoms with van der Waals surface area (Å²) in [6.07, 6.45) is 2.42. The van der Waals surface area contributed by atoms with Crippen molar-refractivity contribution in [2.45, 2.75) is 25.8 Å². The SMILES string of the molecule is CC(=O)N(C)C1C2CC[C@@H]1CN(c1nnc(Br)s1)C2. The van der Waals surface area contributed by atoms with Crippen molar-refractivity contribution in [3.05, 3.63) is 3.92 Å². The Hall–Kier alpha value is -0.690. The molecular formula is C12H17BrN4OS. The van der Waals surface area contributed by atoms with Crippen LogP contribution in [0.1, 0.15) is 19.8 Å². The monoisotopic (exact) mass is 344 g/mol. The van der Waals surface area contributed by atoms with Gasteiger partial charge in [-0.15, -0.1) is 10.2 Å². The van der Waals surface area contributed by atoms with Gasteiger partial charge in [0.05, 0.1) is 0 Å². The second-order valence-electron chi connectivity index (χ2n) is 5.46. The fraction of sp³-hybridized carbons (Fsp3) is 0.750. The molecule has 1 aromatic heterocycles. The third kappa shape index (κ3) is 2.38. The molecule has 2 fully saturated rings. The Bertz CT molecular complexity index is 480. The molecule has 1 aliphatic heterocycles. The average molecular weight is 345 g/mol. The third-order valence-corrected chi connectivity index (χ3v) is 5.80. The van der Waals surface area contributed by atoms with Gasteiger partial charge in [0.25, 0.3) is 0 Å². The number of fused-ring (bicyclic) bond motifs is 2. The minimum Gasteiger partial charge on any atom is -0.346 e.